The maximum Gasteiger partial charge on any atom is 0.161 e. The van der Waals surface area contributed by atoms with Crippen LogP contribution in [0, 0.1) is 0 Å². The number of benzene rings is 2. The Hall–Kier alpha value is -2.49. The van der Waals surface area contributed by atoms with Gasteiger partial charge in [0.05, 0.1) is 19.9 Å². The molecule has 0 saturated heterocycles. The van der Waals surface area contributed by atoms with Crippen LogP contribution in [0.25, 0.3) is 0 Å². The van der Waals surface area contributed by atoms with Crippen molar-refractivity contribution in [2.24, 2.45) is 5.16 Å². The fourth-order valence-corrected chi connectivity index (χ4v) is 2.25. The van der Waals surface area contributed by atoms with Gasteiger partial charge in [-0.25, -0.2) is 0 Å². The van der Waals surface area contributed by atoms with Gasteiger partial charge in [-0.05, 0) is 42.2 Å². The lowest BCUT2D eigenvalue weighted by atomic mass is 10.0. The summed E-state index contributed by atoms with van der Waals surface area (Å²) in [6, 6.07) is 14.1. The smallest absolute Gasteiger partial charge is 0.161 e. The minimum absolute atomic E-state index is 0.447. The first-order valence-electron chi connectivity index (χ1n) is 8.19. The van der Waals surface area contributed by atoms with E-state index in [-0.39, 0.29) is 0 Å². The predicted octanol–water partition coefficient (Wildman–Crippen LogP) is 4.77. The van der Waals surface area contributed by atoms with Crippen LogP contribution in [0.5, 0.6) is 11.5 Å². The Morgan fingerprint density at radius 2 is 1.79 bits per heavy atom. The van der Waals surface area contributed by atoms with E-state index >= 15 is 0 Å². The second-order valence-corrected chi connectivity index (χ2v) is 5.75. The molecule has 2 aromatic carbocycles. The van der Waals surface area contributed by atoms with E-state index in [9.17, 15) is 0 Å². The van der Waals surface area contributed by atoms with Gasteiger partial charge in [0.25, 0.3) is 0 Å². The van der Waals surface area contributed by atoms with Gasteiger partial charge in [0, 0.05) is 5.56 Å². The van der Waals surface area contributed by atoms with Crippen LogP contribution in [-0.4, -0.2) is 19.9 Å². The van der Waals surface area contributed by atoms with Crippen LogP contribution in [0.15, 0.2) is 47.6 Å². The Labute approximate surface area is 144 Å². The first kappa shape index (κ1) is 17.9. The molecule has 0 fully saturated rings. The van der Waals surface area contributed by atoms with Crippen LogP contribution in [0.3, 0.4) is 0 Å². The van der Waals surface area contributed by atoms with Crippen LogP contribution < -0.4 is 9.47 Å². The van der Waals surface area contributed by atoms with Crippen molar-refractivity contribution in [3.8, 4) is 11.5 Å². The Morgan fingerprint density at radius 1 is 1.04 bits per heavy atom. The third-order valence-electron chi connectivity index (χ3n) is 3.64. The average molecular weight is 327 g/mol. The number of hydrogen-bond acceptors (Lipinski definition) is 4. The molecule has 2 rings (SSSR count). The SMILES string of the molecule is CCOc1ccc(/C=N/OCc2ccc(C(C)C)cc2)cc1OC. The van der Waals surface area contributed by atoms with Crippen molar-refractivity contribution in [1.29, 1.82) is 0 Å². The van der Waals surface area contributed by atoms with Crippen molar-refractivity contribution in [3.05, 3.63) is 59.2 Å². The number of methoxy groups -OCH3 is 1. The van der Waals surface area contributed by atoms with Crippen molar-refractivity contribution in [2.75, 3.05) is 13.7 Å². The lowest BCUT2D eigenvalue weighted by Crippen LogP contribution is -1.96. The molecular formula is C20H25NO3. The first-order chi connectivity index (χ1) is 11.6. The van der Waals surface area contributed by atoms with E-state index in [0.717, 1.165) is 16.9 Å². The number of hydrogen-bond donors (Lipinski definition) is 0. The molecule has 0 atom stereocenters. The summed E-state index contributed by atoms with van der Waals surface area (Å²) < 4.78 is 10.8. The molecule has 128 valence electrons. The highest BCUT2D eigenvalue weighted by Gasteiger charge is 2.04. The van der Waals surface area contributed by atoms with Gasteiger partial charge in [-0.15, -0.1) is 0 Å². The third kappa shape index (κ3) is 5.01. The Kier molecular flexibility index (Phi) is 6.67. The molecule has 2 aromatic rings. The van der Waals surface area contributed by atoms with Gasteiger partial charge in [0.2, 0.25) is 0 Å². The zero-order chi connectivity index (χ0) is 17.4. The maximum absolute atomic E-state index is 5.49. The molecule has 0 bridgehead atoms. The minimum atomic E-state index is 0.447. The summed E-state index contributed by atoms with van der Waals surface area (Å²) >= 11 is 0. The molecule has 0 radical (unpaired) electrons. The highest BCUT2D eigenvalue weighted by Crippen LogP contribution is 2.27. The molecule has 0 saturated carbocycles. The largest absolute Gasteiger partial charge is 0.493 e. The van der Waals surface area contributed by atoms with Crippen molar-refractivity contribution in [1.82, 2.24) is 0 Å². The minimum Gasteiger partial charge on any atom is -0.493 e. The molecule has 0 heterocycles. The predicted molar refractivity (Wildman–Crippen MR) is 97.1 cm³/mol. The number of rotatable bonds is 8. The fraction of sp³-hybridized carbons (Fsp3) is 0.350. The highest BCUT2D eigenvalue weighted by molar-refractivity contribution is 5.80. The molecule has 0 spiro atoms. The quantitative estimate of drug-likeness (QED) is 0.518. The Morgan fingerprint density at radius 3 is 2.42 bits per heavy atom. The summed E-state index contributed by atoms with van der Waals surface area (Å²) in [4.78, 5) is 5.37. The first-order valence-corrected chi connectivity index (χ1v) is 8.19. The van der Waals surface area contributed by atoms with Gasteiger partial charge in [0.15, 0.2) is 11.5 Å². The van der Waals surface area contributed by atoms with Crippen LogP contribution in [0.4, 0.5) is 0 Å². The zero-order valence-electron chi connectivity index (χ0n) is 14.8. The second kappa shape index (κ2) is 8.96. The van der Waals surface area contributed by atoms with E-state index in [1.807, 2.05) is 25.1 Å². The summed E-state index contributed by atoms with van der Waals surface area (Å²) in [7, 11) is 1.62. The molecule has 0 N–H and O–H groups in total. The van der Waals surface area contributed by atoms with E-state index in [0.29, 0.717) is 24.9 Å². The number of ether oxygens (including phenoxy) is 2. The van der Waals surface area contributed by atoms with Gasteiger partial charge < -0.3 is 14.3 Å². The molecule has 0 aliphatic carbocycles. The summed E-state index contributed by atoms with van der Waals surface area (Å²) in [6.07, 6.45) is 1.67. The Balaban J connectivity index is 1.91. The van der Waals surface area contributed by atoms with E-state index in [1.54, 1.807) is 13.3 Å². The van der Waals surface area contributed by atoms with Gasteiger partial charge in [0.1, 0.15) is 6.61 Å². The van der Waals surface area contributed by atoms with Crippen LogP contribution in [-0.2, 0) is 11.4 Å². The van der Waals surface area contributed by atoms with E-state index in [4.69, 9.17) is 14.3 Å². The number of oxime groups is 1. The summed E-state index contributed by atoms with van der Waals surface area (Å²) in [5.41, 5.74) is 3.31. The number of nitrogens with zero attached hydrogens (tertiary/aromatic N) is 1. The zero-order valence-corrected chi connectivity index (χ0v) is 14.8. The Bertz CT molecular complexity index is 663. The lowest BCUT2D eigenvalue weighted by molar-refractivity contribution is 0.132. The monoisotopic (exact) mass is 327 g/mol. The summed E-state index contributed by atoms with van der Waals surface area (Å²) in [6.45, 7) is 7.35. The highest BCUT2D eigenvalue weighted by atomic mass is 16.6. The lowest BCUT2D eigenvalue weighted by Gasteiger charge is -2.09. The molecule has 24 heavy (non-hydrogen) atoms. The van der Waals surface area contributed by atoms with Gasteiger partial charge >= 0.3 is 0 Å². The van der Waals surface area contributed by atoms with Gasteiger partial charge in [-0.1, -0.05) is 43.3 Å². The molecule has 0 aliphatic heterocycles. The van der Waals surface area contributed by atoms with Crippen molar-refractivity contribution in [3.63, 3.8) is 0 Å². The molecule has 0 aliphatic rings. The van der Waals surface area contributed by atoms with E-state index in [1.165, 1.54) is 5.56 Å². The molecule has 4 nitrogen and oxygen atoms in total. The summed E-state index contributed by atoms with van der Waals surface area (Å²) in [5.74, 6) is 1.95. The van der Waals surface area contributed by atoms with Crippen molar-refractivity contribution in [2.45, 2.75) is 33.3 Å². The second-order valence-electron chi connectivity index (χ2n) is 5.75. The topological polar surface area (TPSA) is 40.0 Å². The van der Waals surface area contributed by atoms with E-state index < -0.39 is 0 Å². The van der Waals surface area contributed by atoms with Crippen molar-refractivity contribution < 1.29 is 14.3 Å². The molecule has 4 heteroatoms. The molecular weight excluding hydrogens is 302 g/mol. The fourth-order valence-electron chi connectivity index (χ4n) is 2.25. The molecule has 0 aromatic heterocycles. The van der Waals surface area contributed by atoms with Gasteiger partial charge in [-0.2, -0.15) is 0 Å². The van der Waals surface area contributed by atoms with Crippen LogP contribution >= 0.6 is 0 Å². The molecule has 0 amide bonds. The summed E-state index contributed by atoms with van der Waals surface area (Å²) in [5, 5.41) is 4.02. The third-order valence-corrected chi connectivity index (χ3v) is 3.64. The van der Waals surface area contributed by atoms with Crippen molar-refractivity contribution >= 4 is 6.21 Å². The van der Waals surface area contributed by atoms with Crippen LogP contribution in [0.2, 0.25) is 0 Å². The standard InChI is InChI=1S/C20H25NO3/c1-5-23-19-11-8-17(12-20(19)22-4)13-21-24-14-16-6-9-18(10-7-16)15(2)3/h6-13,15H,5,14H2,1-4H3/b21-13+. The normalized spacial score (nSPS) is 11.0. The molecule has 0 unspecified atom stereocenters. The van der Waals surface area contributed by atoms with Gasteiger partial charge in [-0.3, -0.25) is 0 Å². The maximum atomic E-state index is 5.49. The van der Waals surface area contributed by atoms with E-state index in [2.05, 4.69) is 43.3 Å². The average Bonchev–Trinajstić information content (AvgIpc) is 2.60. The van der Waals surface area contributed by atoms with Crippen LogP contribution in [0.1, 0.15) is 43.4 Å².